The average Bonchev–Trinajstić information content (AvgIpc) is 2.66. The second kappa shape index (κ2) is 4.38. The SMILES string of the molecule is O=C(NC[C@H](O)C(=O)O)c1cn[nH]c1. The van der Waals surface area contributed by atoms with Crippen molar-refractivity contribution in [2.24, 2.45) is 0 Å². The third-order valence-corrected chi connectivity index (χ3v) is 1.50. The van der Waals surface area contributed by atoms with E-state index in [1.54, 1.807) is 0 Å². The van der Waals surface area contributed by atoms with Gasteiger partial charge in [-0.05, 0) is 0 Å². The lowest BCUT2D eigenvalue weighted by atomic mass is 10.3. The third-order valence-electron chi connectivity index (χ3n) is 1.50. The van der Waals surface area contributed by atoms with Crippen LogP contribution in [0.1, 0.15) is 10.4 Å². The average molecular weight is 199 g/mol. The molecule has 1 rings (SSSR count). The summed E-state index contributed by atoms with van der Waals surface area (Å²) in [6.45, 7) is -0.334. The quantitative estimate of drug-likeness (QED) is 0.475. The fourth-order valence-corrected chi connectivity index (χ4v) is 0.754. The van der Waals surface area contributed by atoms with Gasteiger partial charge in [-0.25, -0.2) is 4.79 Å². The Kier molecular flexibility index (Phi) is 3.19. The number of carbonyl (C=O) groups is 2. The second-order valence-electron chi connectivity index (χ2n) is 2.55. The van der Waals surface area contributed by atoms with Crippen LogP contribution in [0.3, 0.4) is 0 Å². The smallest absolute Gasteiger partial charge is 0.334 e. The number of hydrogen-bond acceptors (Lipinski definition) is 4. The summed E-state index contributed by atoms with van der Waals surface area (Å²) in [7, 11) is 0. The molecule has 0 aliphatic heterocycles. The van der Waals surface area contributed by atoms with Gasteiger partial charge >= 0.3 is 5.97 Å². The van der Waals surface area contributed by atoms with Gasteiger partial charge in [0.15, 0.2) is 6.10 Å². The summed E-state index contributed by atoms with van der Waals surface area (Å²) in [5, 5.41) is 25.3. The first-order valence-electron chi connectivity index (χ1n) is 3.79. The molecule has 0 aliphatic carbocycles. The van der Waals surface area contributed by atoms with Gasteiger partial charge in [0.1, 0.15) is 0 Å². The Balaban J connectivity index is 2.40. The van der Waals surface area contributed by atoms with Gasteiger partial charge in [0.25, 0.3) is 5.91 Å². The van der Waals surface area contributed by atoms with E-state index in [0.717, 1.165) is 0 Å². The number of hydrogen-bond donors (Lipinski definition) is 4. The van der Waals surface area contributed by atoms with E-state index >= 15 is 0 Å². The summed E-state index contributed by atoms with van der Waals surface area (Å²) in [6.07, 6.45) is 1.07. The van der Waals surface area contributed by atoms with E-state index in [-0.39, 0.29) is 12.1 Å². The summed E-state index contributed by atoms with van der Waals surface area (Å²) in [4.78, 5) is 21.3. The molecule has 0 unspecified atom stereocenters. The van der Waals surface area contributed by atoms with Crippen LogP contribution in [0.5, 0.6) is 0 Å². The van der Waals surface area contributed by atoms with Crippen molar-refractivity contribution in [1.29, 1.82) is 0 Å². The molecule has 0 spiro atoms. The Hall–Kier alpha value is -1.89. The highest BCUT2D eigenvalue weighted by molar-refractivity contribution is 5.93. The van der Waals surface area contributed by atoms with Gasteiger partial charge in [0, 0.05) is 6.20 Å². The van der Waals surface area contributed by atoms with Crippen LogP contribution in [0.4, 0.5) is 0 Å². The molecule has 76 valence electrons. The number of H-pyrrole nitrogens is 1. The molecular weight excluding hydrogens is 190 g/mol. The molecule has 1 amide bonds. The molecule has 0 bridgehead atoms. The number of nitrogens with one attached hydrogen (secondary N) is 2. The van der Waals surface area contributed by atoms with E-state index < -0.39 is 18.0 Å². The largest absolute Gasteiger partial charge is 0.479 e. The normalized spacial score (nSPS) is 12.1. The van der Waals surface area contributed by atoms with Crippen molar-refractivity contribution in [3.8, 4) is 0 Å². The number of aliphatic hydroxyl groups excluding tert-OH is 1. The molecule has 0 saturated heterocycles. The Morgan fingerprint density at radius 3 is 2.86 bits per heavy atom. The minimum Gasteiger partial charge on any atom is -0.479 e. The number of rotatable bonds is 4. The van der Waals surface area contributed by atoms with Gasteiger partial charge in [0.2, 0.25) is 0 Å². The van der Waals surface area contributed by atoms with Gasteiger partial charge in [-0.15, -0.1) is 0 Å². The Morgan fingerprint density at radius 1 is 1.64 bits per heavy atom. The highest BCUT2D eigenvalue weighted by Crippen LogP contribution is 1.92. The maximum absolute atomic E-state index is 11.2. The summed E-state index contributed by atoms with van der Waals surface area (Å²) in [6, 6.07) is 0. The van der Waals surface area contributed by atoms with E-state index in [9.17, 15) is 9.59 Å². The zero-order valence-corrected chi connectivity index (χ0v) is 7.10. The molecule has 0 aromatic carbocycles. The van der Waals surface area contributed by atoms with Crippen molar-refractivity contribution in [1.82, 2.24) is 15.5 Å². The van der Waals surface area contributed by atoms with Gasteiger partial charge in [-0.3, -0.25) is 9.89 Å². The van der Waals surface area contributed by atoms with E-state index in [1.807, 2.05) is 0 Å². The standard InChI is InChI=1S/C7H9N3O4/c11-5(7(13)14)3-8-6(12)4-1-9-10-2-4/h1-2,5,11H,3H2,(H,8,12)(H,9,10)(H,13,14)/t5-/m0/s1. The number of carboxylic acids is 1. The fraction of sp³-hybridized carbons (Fsp3) is 0.286. The van der Waals surface area contributed by atoms with Gasteiger partial charge in [-0.2, -0.15) is 5.10 Å². The van der Waals surface area contributed by atoms with Crippen molar-refractivity contribution in [3.63, 3.8) is 0 Å². The molecule has 0 radical (unpaired) electrons. The first-order chi connectivity index (χ1) is 6.61. The number of aliphatic carboxylic acids is 1. The Bertz CT molecular complexity index is 322. The number of aromatic amines is 1. The number of carboxylic acid groups (broad SMARTS) is 1. The van der Waals surface area contributed by atoms with Crippen molar-refractivity contribution < 1.29 is 19.8 Å². The van der Waals surface area contributed by atoms with Crippen LogP contribution in [0, 0.1) is 0 Å². The zero-order chi connectivity index (χ0) is 10.6. The van der Waals surface area contributed by atoms with E-state index in [0.29, 0.717) is 0 Å². The molecule has 7 nitrogen and oxygen atoms in total. The molecule has 0 saturated carbocycles. The molecule has 7 heteroatoms. The summed E-state index contributed by atoms with van der Waals surface area (Å²) < 4.78 is 0. The minimum atomic E-state index is -1.59. The van der Waals surface area contributed by atoms with E-state index in [4.69, 9.17) is 10.2 Å². The van der Waals surface area contributed by atoms with Crippen molar-refractivity contribution in [2.75, 3.05) is 6.54 Å². The van der Waals surface area contributed by atoms with Gasteiger partial charge < -0.3 is 15.5 Å². The number of nitrogens with zero attached hydrogens (tertiary/aromatic N) is 1. The first-order valence-corrected chi connectivity index (χ1v) is 3.79. The Labute approximate surface area is 78.7 Å². The molecule has 0 aliphatic rings. The molecule has 1 aromatic heterocycles. The maximum Gasteiger partial charge on any atom is 0.334 e. The van der Waals surface area contributed by atoms with Crippen molar-refractivity contribution in [3.05, 3.63) is 18.0 Å². The molecule has 1 aromatic rings. The van der Waals surface area contributed by atoms with E-state index in [1.165, 1.54) is 12.4 Å². The number of amides is 1. The number of carbonyl (C=O) groups excluding carboxylic acids is 1. The Morgan fingerprint density at radius 2 is 2.36 bits per heavy atom. The molecule has 14 heavy (non-hydrogen) atoms. The first kappa shape index (κ1) is 10.2. The van der Waals surface area contributed by atoms with Gasteiger partial charge in [-0.1, -0.05) is 0 Å². The van der Waals surface area contributed by atoms with Crippen LogP contribution in [0.15, 0.2) is 12.4 Å². The molecule has 1 heterocycles. The van der Waals surface area contributed by atoms with Crippen LogP contribution in [-0.2, 0) is 4.79 Å². The molecule has 0 fully saturated rings. The third kappa shape index (κ3) is 2.56. The van der Waals surface area contributed by atoms with Crippen molar-refractivity contribution in [2.45, 2.75) is 6.10 Å². The highest BCUT2D eigenvalue weighted by Gasteiger charge is 2.14. The summed E-state index contributed by atoms with van der Waals surface area (Å²) >= 11 is 0. The monoisotopic (exact) mass is 199 g/mol. The topological polar surface area (TPSA) is 115 Å². The van der Waals surface area contributed by atoms with Crippen LogP contribution >= 0.6 is 0 Å². The predicted molar refractivity (Wildman–Crippen MR) is 44.6 cm³/mol. The lowest BCUT2D eigenvalue weighted by Crippen LogP contribution is -2.36. The van der Waals surface area contributed by atoms with Gasteiger partial charge in [0.05, 0.1) is 18.3 Å². The second-order valence-corrected chi connectivity index (χ2v) is 2.55. The van der Waals surface area contributed by atoms with E-state index in [2.05, 4.69) is 15.5 Å². The van der Waals surface area contributed by atoms with Crippen molar-refractivity contribution >= 4 is 11.9 Å². The summed E-state index contributed by atoms with van der Waals surface area (Å²) in [5.74, 6) is -1.86. The molecule has 4 N–H and O–H groups in total. The minimum absolute atomic E-state index is 0.280. The van der Waals surface area contributed by atoms with Crippen LogP contribution in [-0.4, -0.2) is 44.9 Å². The van der Waals surface area contributed by atoms with Crippen LogP contribution in [0.2, 0.25) is 0 Å². The number of aliphatic hydroxyl groups is 1. The molecular formula is C7H9N3O4. The predicted octanol–water partition coefficient (Wildman–Crippen LogP) is -1.41. The highest BCUT2D eigenvalue weighted by atomic mass is 16.4. The zero-order valence-electron chi connectivity index (χ0n) is 7.10. The lowest BCUT2D eigenvalue weighted by molar-refractivity contribution is -0.146. The lowest BCUT2D eigenvalue weighted by Gasteiger charge is -2.05. The fourth-order valence-electron chi connectivity index (χ4n) is 0.754. The number of aromatic nitrogens is 2. The molecule has 1 atom stereocenters. The maximum atomic E-state index is 11.2. The summed E-state index contributed by atoms with van der Waals surface area (Å²) in [5.41, 5.74) is 0.280. The van der Waals surface area contributed by atoms with Crippen LogP contribution < -0.4 is 5.32 Å². The van der Waals surface area contributed by atoms with Crippen LogP contribution in [0.25, 0.3) is 0 Å².